The van der Waals surface area contributed by atoms with Gasteiger partial charge in [-0.05, 0) is 18.2 Å². The summed E-state index contributed by atoms with van der Waals surface area (Å²) >= 11 is 0. The van der Waals surface area contributed by atoms with Gasteiger partial charge in [-0.1, -0.05) is 18.2 Å². The van der Waals surface area contributed by atoms with E-state index in [1.54, 1.807) is 10.9 Å². The third-order valence-corrected chi connectivity index (χ3v) is 3.06. The van der Waals surface area contributed by atoms with Crippen molar-refractivity contribution in [1.82, 2.24) is 15.1 Å². The zero-order chi connectivity index (χ0) is 13.8. The predicted octanol–water partition coefficient (Wildman–Crippen LogP) is 2.34. The van der Waals surface area contributed by atoms with Gasteiger partial charge in [-0.25, -0.2) is 0 Å². The Balaban J connectivity index is 1.52. The number of para-hydroxylation sites is 1. The molecule has 1 aromatic carbocycles. The number of hydrogen-bond acceptors (Lipinski definition) is 3. The molecule has 0 aliphatic heterocycles. The van der Waals surface area contributed by atoms with Gasteiger partial charge in [0.25, 0.3) is 0 Å². The van der Waals surface area contributed by atoms with Crippen LogP contribution in [0.2, 0.25) is 0 Å². The first kappa shape index (κ1) is 12.5. The van der Waals surface area contributed by atoms with Crippen LogP contribution in [0.4, 0.5) is 0 Å². The van der Waals surface area contributed by atoms with Gasteiger partial charge in [-0.3, -0.25) is 9.48 Å². The number of fused-ring (bicyclic) bond motifs is 1. The Hall–Kier alpha value is -2.56. The first-order valence-corrected chi connectivity index (χ1v) is 6.53. The van der Waals surface area contributed by atoms with E-state index in [4.69, 9.17) is 4.42 Å². The van der Waals surface area contributed by atoms with E-state index < -0.39 is 0 Å². The zero-order valence-electron chi connectivity index (χ0n) is 11.0. The maximum absolute atomic E-state index is 11.7. The molecule has 3 aromatic rings. The molecule has 0 unspecified atom stereocenters. The normalized spacial score (nSPS) is 10.8. The topological polar surface area (TPSA) is 60.1 Å². The van der Waals surface area contributed by atoms with Crippen LogP contribution in [-0.2, 0) is 17.9 Å². The molecule has 0 saturated heterocycles. The molecule has 0 aliphatic rings. The molecule has 1 amide bonds. The Morgan fingerprint density at radius 1 is 1.30 bits per heavy atom. The average molecular weight is 269 g/mol. The van der Waals surface area contributed by atoms with Crippen molar-refractivity contribution in [3.63, 3.8) is 0 Å². The van der Waals surface area contributed by atoms with Crippen molar-refractivity contribution in [2.75, 3.05) is 0 Å². The van der Waals surface area contributed by atoms with Crippen molar-refractivity contribution in [3.05, 3.63) is 54.6 Å². The van der Waals surface area contributed by atoms with E-state index in [-0.39, 0.29) is 5.91 Å². The quantitative estimate of drug-likeness (QED) is 0.773. The number of aryl methyl sites for hydroxylation is 1. The third kappa shape index (κ3) is 2.88. The second kappa shape index (κ2) is 5.61. The number of carbonyl (C=O) groups is 1. The van der Waals surface area contributed by atoms with E-state index in [1.165, 1.54) is 0 Å². The monoisotopic (exact) mass is 269 g/mol. The second-order valence-corrected chi connectivity index (χ2v) is 4.55. The summed E-state index contributed by atoms with van der Waals surface area (Å²) in [5.41, 5.74) is 0.841. The van der Waals surface area contributed by atoms with Crippen molar-refractivity contribution in [1.29, 1.82) is 0 Å². The Morgan fingerprint density at radius 3 is 3.00 bits per heavy atom. The standard InChI is InChI=1S/C15H15N3O2/c19-15(6-9-18-8-3-7-17-18)16-11-13-10-12-4-1-2-5-14(12)20-13/h1-5,7-8,10H,6,9,11H2,(H,16,19). The summed E-state index contributed by atoms with van der Waals surface area (Å²) in [6, 6.07) is 11.6. The fraction of sp³-hybridized carbons (Fsp3) is 0.200. The second-order valence-electron chi connectivity index (χ2n) is 4.55. The highest BCUT2D eigenvalue weighted by atomic mass is 16.3. The number of aromatic nitrogens is 2. The summed E-state index contributed by atoms with van der Waals surface area (Å²) in [6.07, 6.45) is 3.95. The van der Waals surface area contributed by atoms with E-state index in [0.29, 0.717) is 19.5 Å². The lowest BCUT2D eigenvalue weighted by molar-refractivity contribution is -0.121. The molecule has 2 heterocycles. The first-order valence-electron chi connectivity index (χ1n) is 6.53. The molecule has 0 fully saturated rings. The van der Waals surface area contributed by atoms with Crippen LogP contribution in [0, 0.1) is 0 Å². The molecule has 2 aromatic heterocycles. The molecule has 5 heteroatoms. The number of furan rings is 1. The Morgan fingerprint density at radius 2 is 2.20 bits per heavy atom. The molecule has 5 nitrogen and oxygen atoms in total. The molecule has 0 bridgehead atoms. The lowest BCUT2D eigenvalue weighted by Crippen LogP contribution is -2.23. The Labute approximate surface area is 116 Å². The van der Waals surface area contributed by atoms with Crippen LogP contribution in [0.1, 0.15) is 12.2 Å². The molecule has 1 N–H and O–H groups in total. The highest BCUT2D eigenvalue weighted by Gasteiger charge is 2.06. The van der Waals surface area contributed by atoms with Gasteiger partial charge < -0.3 is 9.73 Å². The predicted molar refractivity (Wildman–Crippen MR) is 74.9 cm³/mol. The Kier molecular flexibility index (Phi) is 3.50. The van der Waals surface area contributed by atoms with Gasteiger partial charge in [0.1, 0.15) is 11.3 Å². The minimum Gasteiger partial charge on any atom is -0.459 e. The number of hydrogen-bond donors (Lipinski definition) is 1. The number of amides is 1. The molecular formula is C15H15N3O2. The first-order chi connectivity index (χ1) is 9.81. The van der Waals surface area contributed by atoms with E-state index >= 15 is 0 Å². The lowest BCUT2D eigenvalue weighted by Gasteiger charge is -2.03. The average Bonchev–Trinajstić information content (AvgIpc) is 3.11. The van der Waals surface area contributed by atoms with Crippen LogP contribution < -0.4 is 5.32 Å². The Bertz CT molecular complexity index is 668. The summed E-state index contributed by atoms with van der Waals surface area (Å²) in [4.78, 5) is 11.7. The molecule has 0 aliphatic carbocycles. The smallest absolute Gasteiger partial charge is 0.222 e. The summed E-state index contributed by atoms with van der Waals surface area (Å²) in [7, 11) is 0. The third-order valence-electron chi connectivity index (χ3n) is 3.06. The van der Waals surface area contributed by atoms with Crippen molar-refractivity contribution in [3.8, 4) is 0 Å². The number of rotatable bonds is 5. The van der Waals surface area contributed by atoms with Crippen LogP contribution in [0.3, 0.4) is 0 Å². The maximum Gasteiger partial charge on any atom is 0.222 e. The SMILES string of the molecule is O=C(CCn1cccn1)NCc1cc2ccccc2o1. The fourth-order valence-corrected chi connectivity index (χ4v) is 2.05. The number of carbonyl (C=O) groups excluding carboxylic acids is 1. The van der Waals surface area contributed by atoms with Crippen LogP contribution in [0.15, 0.2) is 53.2 Å². The van der Waals surface area contributed by atoms with Gasteiger partial charge in [-0.2, -0.15) is 5.10 Å². The van der Waals surface area contributed by atoms with Gasteiger partial charge >= 0.3 is 0 Å². The van der Waals surface area contributed by atoms with Gasteiger partial charge in [0.05, 0.1) is 6.54 Å². The molecule has 0 radical (unpaired) electrons. The van der Waals surface area contributed by atoms with E-state index in [0.717, 1.165) is 16.7 Å². The van der Waals surface area contributed by atoms with Crippen LogP contribution in [0.5, 0.6) is 0 Å². The fourth-order valence-electron chi connectivity index (χ4n) is 2.05. The number of nitrogens with zero attached hydrogens (tertiary/aromatic N) is 2. The highest BCUT2D eigenvalue weighted by molar-refractivity contribution is 5.78. The summed E-state index contributed by atoms with van der Waals surface area (Å²) < 4.78 is 7.37. The van der Waals surface area contributed by atoms with Crippen molar-refractivity contribution in [2.24, 2.45) is 0 Å². The van der Waals surface area contributed by atoms with Crippen LogP contribution >= 0.6 is 0 Å². The largest absolute Gasteiger partial charge is 0.459 e. The molecular weight excluding hydrogens is 254 g/mol. The van der Waals surface area contributed by atoms with Gasteiger partial charge in [-0.15, -0.1) is 0 Å². The van der Waals surface area contributed by atoms with E-state index in [1.807, 2.05) is 42.6 Å². The minimum absolute atomic E-state index is 0.0130. The van der Waals surface area contributed by atoms with Gasteiger partial charge in [0.2, 0.25) is 5.91 Å². The maximum atomic E-state index is 11.7. The summed E-state index contributed by atoms with van der Waals surface area (Å²) in [5, 5.41) is 7.95. The van der Waals surface area contributed by atoms with E-state index in [2.05, 4.69) is 10.4 Å². The number of nitrogens with one attached hydrogen (secondary N) is 1. The van der Waals surface area contributed by atoms with Crippen LogP contribution in [-0.4, -0.2) is 15.7 Å². The van der Waals surface area contributed by atoms with Crippen molar-refractivity contribution in [2.45, 2.75) is 19.5 Å². The van der Waals surface area contributed by atoms with Gasteiger partial charge in [0, 0.05) is 30.7 Å². The zero-order valence-corrected chi connectivity index (χ0v) is 11.0. The highest BCUT2D eigenvalue weighted by Crippen LogP contribution is 2.18. The van der Waals surface area contributed by atoms with Crippen molar-refractivity contribution >= 4 is 16.9 Å². The summed E-state index contributed by atoms with van der Waals surface area (Å²) in [6.45, 7) is 0.992. The van der Waals surface area contributed by atoms with Crippen LogP contribution in [0.25, 0.3) is 11.0 Å². The van der Waals surface area contributed by atoms with E-state index in [9.17, 15) is 4.79 Å². The molecule has 3 rings (SSSR count). The molecule has 0 spiro atoms. The molecule has 0 atom stereocenters. The summed E-state index contributed by atoms with van der Waals surface area (Å²) in [5.74, 6) is 0.750. The van der Waals surface area contributed by atoms with Crippen molar-refractivity contribution < 1.29 is 9.21 Å². The molecule has 0 saturated carbocycles. The number of benzene rings is 1. The molecule has 20 heavy (non-hydrogen) atoms. The molecule has 102 valence electrons. The minimum atomic E-state index is -0.0130. The lowest BCUT2D eigenvalue weighted by atomic mass is 10.2. The van der Waals surface area contributed by atoms with Gasteiger partial charge in [0.15, 0.2) is 0 Å².